The van der Waals surface area contributed by atoms with Gasteiger partial charge in [0, 0.05) is 25.5 Å². The van der Waals surface area contributed by atoms with Crippen LogP contribution >= 0.6 is 0 Å². The van der Waals surface area contributed by atoms with Crippen molar-refractivity contribution in [2.45, 2.75) is 51.7 Å². The van der Waals surface area contributed by atoms with Gasteiger partial charge in [0.1, 0.15) is 0 Å². The molecule has 0 aliphatic heterocycles. The van der Waals surface area contributed by atoms with Gasteiger partial charge in [-0.3, -0.25) is 4.79 Å². The van der Waals surface area contributed by atoms with E-state index in [-0.39, 0.29) is 5.56 Å². The largest absolute Gasteiger partial charge is 0.376 e. The zero-order valence-electron chi connectivity index (χ0n) is 11.6. The molecule has 1 saturated carbocycles. The van der Waals surface area contributed by atoms with E-state index in [2.05, 4.69) is 17.2 Å². The fraction of sp³-hybridized carbons (Fsp3) is 0.714. The van der Waals surface area contributed by atoms with Crippen LogP contribution in [0.1, 0.15) is 39.0 Å². The summed E-state index contributed by atoms with van der Waals surface area (Å²) in [7, 11) is 0. The molecule has 1 aliphatic carbocycles. The Balaban J connectivity index is 1.78. The van der Waals surface area contributed by atoms with Crippen LogP contribution in [0.4, 0.5) is 5.82 Å². The number of hydrogen-bond donors (Lipinski definition) is 1. The van der Waals surface area contributed by atoms with E-state index in [4.69, 9.17) is 4.74 Å². The number of hydrogen-bond acceptors (Lipinski definition) is 4. The SMILES string of the molecule is CCCn1ccnc(NCCOC2CCCC2)c1=O. The van der Waals surface area contributed by atoms with E-state index in [0.29, 0.717) is 25.1 Å². The average molecular weight is 265 g/mol. The van der Waals surface area contributed by atoms with Crippen LogP contribution in [0.25, 0.3) is 0 Å². The molecular formula is C14H23N3O2. The third-order valence-electron chi connectivity index (χ3n) is 3.43. The molecule has 0 atom stereocenters. The lowest BCUT2D eigenvalue weighted by Crippen LogP contribution is -2.26. The summed E-state index contributed by atoms with van der Waals surface area (Å²) < 4.78 is 7.43. The van der Waals surface area contributed by atoms with Crippen molar-refractivity contribution in [3.63, 3.8) is 0 Å². The smallest absolute Gasteiger partial charge is 0.293 e. The molecule has 5 heteroatoms. The van der Waals surface area contributed by atoms with Crippen LogP contribution in [-0.2, 0) is 11.3 Å². The van der Waals surface area contributed by atoms with Crippen molar-refractivity contribution in [3.8, 4) is 0 Å². The van der Waals surface area contributed by atoms with Gasteiger partial charge in [0.15, 0.2) is 5.82 Å². The second-order valence-corrected chi connectivity index (χ2v) is 4.98. The number of nitrogens with zero attached hydrogens (tertiary/aromatic N) is 2. The molecule has 1 heterocycles. The van der Waals surface area contributed by atoms with E-state index in [1.807, 2.05) is 0 Å². The van der Waals surface area contributed by atoms with E-state index < -0.39 is 0 Å². The fourth-order valence-corrected chi connectivity index (χ4v) is 2.44. The van der Waals surface area contributed by atoms with E-state index in [9.17, 15) is 4.79 Å². The second-order valence-electron chi connectivity index (χ2n) is 4.98. The molecule has 0 saturated heterocycles. The Morgan fingerprint density at radius 1 is 1.47 bits per heavy atom. The van der Waals surface area contributed by atoms with Crippen LogP contribution in [-0.4, -0.2) is 28.8 Å². The summed E-state index contributed by atoms with van der Waals surface area (Å²) in [5.74, 6) is 0.422. The number of aryl methyl sites for hydroxylation is 1. The van der Waals surface area contributed by atoms with E-state index >= 15 is 0 Å². The van der Waals surface area contributed by atoms with Gasteiger partial charge in [0.2, 0.25) is 0 Å². The summed E-state index contributed by atoms with van der Waals surface area (Å²) >= 11 is 0. The molecule has 0 spiro atoms. The van der Waals surface area contributed by atoms with Crippen molar-refractivity contribution in [2.24, 2.45) is 0 Å². The first-order valence-electron chi connectivity index (χ1n) is 7.22. The Bertz CT molecular complexity index is 439. The van der Waals surface area contributed by atoms with E-state index in [1.165, 1.54) is 25.7 Å². The van der Waals surface area contributed by atoms with Gasteiger partial charge in [-0.15, -0.1) is 0 Å². The molecule has 1 N–H and O–H groups in total. The van der Waals surface area contributed by atoms with Gasteiger partial charge >= 0.3 is 0 Å². The van der Waals surface area contributed by atoms with Crippen LogP contribution in [0.2, 0.25) is 0 Å². The first-order chi connectivity index (χ1) is 9.31. The lowest BCUT2D eigenvalue weighted by atomic mass is 10.3. The van der Waals surface area contributed by atoms with Crippen LogP contribution < -0.4 is 10.9 Å². The van der Waals surface area contributed by atoms with E-state index in [1.54, 1.807) is 17.0 Å². The Morgan fingerprint density at radius 2 is 2.26 bits per heavy atom. The maximum atomic E-state index is 12.0. The minimum Gasteiger partial charge on any atom is -0.376 e. The molecule has 106 valence electrons. The lowest BCUT2D eigenvalue weighted by molar-refractivity contribution is 0.0658. The summed E-state index contributed by atoms with van der Waals surface area (Å²) in [5.41, 5.74) is -0.0507. The van der Waals surface area contributed by atoms with Gasteiger partial charge in [-0.1, -0.05) is 19.8 Å². The molecule has 19 heavy (non-hydrogen) atoms. The highest BCUT2D eigenvalue weighted by molar-refractivity contribution is 5.30. The topological polar surface area (TPSA) is 56.1 Å². The standard InChI is InChI=1S/C14H23N3O2/c1-2-9-17-10-7-15-13(14(17)18)16-8-11-19-12-5-3-4-6-12/h7,10,12H,2-6,8-9,11H2,1H3,(H,15,16). The maximum absolute atomic E-state index is 12.0. The number of nitrogens with one attached hydrogen (secondary N) is 1. The van der Waals surface area contributed by atoms with Crippen molar-refractivity contribution < 1.29 is 4.74 Å². The summed E-state index contributed by atoms with van der Waals surface area (Å²) in [6, 6.07) is 0. The molecule has 0 radical (unpaired) electrons. The van der Waals surface area contributed by atoms with Crippen LogP contribution in [0.3, 0.4) is 0 Å². The maximum Gasteiger partial charge on any atom is 0.293 e. The van der Waals surface area contributed by atoms with Crippen molar-refractivity contribution in [1.82, 2.24) is 9.55 Å². The van der Waals surface area contributed by atoms with Crippen LogP contribution in [0, 0.1) is 0 Å². The summed E-state index contributed by atoms with van der Waals surface area (Å²) in [6.07, 6.45) is 9.65. The van der Waals surface area contributed by atoms with Gasteiger partial charge in [-0.25, -0.2) is 4.98 Å². The predicted octanol–water partition coefficient (Wildman–Crippen LogP) is 2.02. The summed E-state index contributed by atoms with van der Waals surface area (Å²) in [5, 5.41) is 3.07. The Labute approximate surface area is 114 Å². The first-order valence-corrected chi connectivity index (χ1v) is 7.22. The van der Waals surface area contributed by atoms with Gasteiger partial charge < -0.3 is 14.6 Å². The Hall–Kier alpha value is -1.36. The third kappa shape index (κ3) is 4.06. The Morgan fingerprint density at radius 3 is 3.00 bits per heavy atom. The molecule has 2 rings (SSSR count). The molecule has 1 aromatic rings. The number of ether oxygens (including phenoxy) is 1. The highest BCUT2D eigenvalue weighted by Crippen LogP contribution is 2.20. The van der Waals surface area contributed by atoms with Gasteiger partial charge in [0.05, 0.1) is 12.7 Å². The lowest BCUT2D eigenvalue weighted by Gasteiger charge is -2.12. The van der Waals surface area contributed by atoms with Crippen molar-refractivity contribution in [1.29, 1.82) is 0 Å². The van der Waals surface area contributed by atoms with Gasteiger partial charge in [0.25, 0.3) is 5.56 Å². The van der Waals surface area contributed by atoms with Crippen molar-refractivity contribution >= 4 is 5.82 Å². The molecule has 5 nitrogen and oxygen atoms in total. The molecule has 0 unspecified atom stereocenters. The zero-order chi connectivity index (χ0) is 13.5. The zero-order valence-corrected chi connectivity index (χ0v) is 11.6. The predicted molar refractivity (Wildman–Crippen MR) is 75.5 cm³/mol. The van der Waals surface area contributed by atoms with Crippen LogP contribution in [0.5, 0.6) is 0 Å². The summed E-state index contributed by atoms with van der Waals surface area (Å²) in [4.78, 5) is 16.1. The quantitative estimate of drug-likeness (QED) is 0.766. The number of aromatic nitrogens is 2. The van der Waals surface area contributed by atoms with Gasteiger partial charge in [-0.2, -0.15) is 0 Å². The van der Waals surface area contributed by atoms with Crippen molar-refractivity contribution in [2.75, 3.05) is 18.5 Å². The molecule has 0 amide bonds. The highest BCUT2D eigenvalue weighted by Gasteiger charge is 2.14. The minimum absolute atomic E-state index is 0.0507. The van der Waals surface area contributed by atoms with Crippen LogP contribution in [0.15, 0.2) is 17.2 Å². The molecule has 0 bridgehead atoms. The average Bonchev–Trinajstić information content (AvgIpc) is 2.92. The molecule has 1 aromatic heterocycles. The number of rotatable bonds is 7. The fourth-order valence-electron chi connectivity index (χ4n) is 2.44. The highest BCUT2D eigenvalue weighted by atomic mass is 16.5. The molecule has 1 aliphatic rings. The normalized spacial score (nSPS) is 15.8. The molecule has 0 aromatic carbocycles. The molecular weight excluding hydrogens is 242 g/mol. The monoisotopic (exact) mass is 265 g/mol. The van der Waals surface area contributed by atoms with Crippen molar-refractivity contribution in [3.05, 3.63) is 22.7 Å². The first kappa shape index (κ1) is 14.1. The minimum atomic E-state index is -0.0507. The third-order valence-corrected chi connectivity index (χ3v) is 3.43. The summed E-state index contributed by atoms with van der Waals surface area (Å²) in [6.45, 7) is 4.05. The number of anilines is 1. The van der Waals surface area contributed by atoms with Gasteiger partial charge in [-0.05, 0) is 19.3 Å². The Kier molecular flexibility index (Phi) is 5.39. The molecule has 1 fully saturated rings. The second kappa shape index (κ2) is 7.28. The van der Waals surface area contributed by atoms with E-state index in [0.717, 1.165) is 13.0 Å².